The number of carbonyl (C=O) groups excluding carboxylic acids is 2. The molecule has 2 aromatic rings. The average molecular weight is 386 g/mol. The van der Waals surface area contributed by atoms with Crippen molar-refractivity contribution in [1.29, 1.82) is 0 Å². The van der Waals surface area contributed by atoms with Crippen molar-refractivity contribution in [3.8, 4) is 5.75 Å². The zero-order valence-corrected chi connectivity index (χ0v) is 15.7. The van der Waals surface area contributed by atoms with Gasteiger partial charge in [0, 0.05) is 23.7 Å². The molecule has 27 heavy (non-hydrogen) atoms. The van der Waals surface area contributed by atoms with Gasteiger partial charge in [0.25, 0.3) is 0 Å². The number of benzene rings is 2. The van der Waals surface area contributed by atoms with E-state index >= 15 is 0 Å². The fourth-order valence-corrected chi connectivity index (χ4v) is 3.96. The molecule has 6 nitrogen and oxygen atoms in total. The Labute approximate surface area is 162 Å². The molecule has 4 rings (SSSR count). The monoisotopic (exact) mass is 385 g/mol. The van der Waals surface area contributed by atoms with Crippen LogP contribution in [0.2, 0.25) is 5.02 Å². The normalized spacial score (nSPS) is 15.2. The molecule has 0 bridgehead atoms. The summed E-state index contributed by atoms with van der Waals surface area (Å²) in [4.78, 5) is 26.5. The Balaban J connectivity index is 1.56. The fourth-order valence-electron chi connectivity index (χ4n) is 3.79. The van der Waals surface area contributed by atoms with Crippen LogP contribution in [0.15, 0.2) is 30.3 Å². The Hall–Kier alpha value is -2.73. The van der Waals surface area contributed by atoms with Crippen LogP contribution < -0.4 is 20.3 Å². The maximum Gasteiger partial charge on any atom is 0.323 e. The SMILES string of the molecule is COc1ccc(Cl)cc1NC(=O)Nc1cc2c3c(c1)CCC(=O)N3CCC2. The molecule has 0 saturated carbocycles. The van der Waals surface area contributed by atoms with Gasteiger partial charge in [-0.05, 0) is 60.7 Å². The first-order chi connectivity index (χ1) is 13.0. The van der Waals surface area contributed by atoms with E-state index in [1.807, 2.05) is 17.0 Å². The molecule has 0 radical (unpaired) electrons. The molecule has 7 heteroatoms. The Morgan fingerprint density at radius 1 is 1.11 bits per heavy atom. The van der Waals surface area contributed by atoms with Gasteiger partial charge in [0.1, 0.15) is 5.75 Å². The van der Waals surface area contributed by atoms with Crippen LogP contribution in [0.3, 0.4) is 0 Å². The minimum Gasteiger partial charge on any atom is -0.495 e. The number of urea groups is 1. The van der Waals surface area contributed by atoms with Crippen molar-refractivity contribution >= 4 is 40.6 Å². The van der Waals surface area contributed by atoms with Crippen LogP contribution in [0.1, 0.15) is 24.0 Å². The standard InChI is InChI=1S/C20H20ClN3O3/c1-27-17-6-5-14(21)11-16(17)23-20(26)22-15-9-12-3-2-8-24-18(25)7-4-13(10-15)19(12)24/h5-6,9-11H,2-4,7-8H2,1H3,(H2,22,23,26). The van der Waals surface area contributed by atoms with Crippen molar-refractivity contribution in [1.82, 2.24) is 0 Å². The number of halogens is 1. The number of aryl methyl sites for hydroxylation is 2. The van der Waals surface area contributed by atoms with E-state index in [1.165, 1.54) is 7.11 Å². The van der Waals surface area contributed by atoms with Crippen molar-refractivity contribution in [2.45, 2.75) is 25.7 Å². The van der Waals surface area contributed by atoms with Crippen molar-refractivity contribution in [3.05, 3.63) is 46.5 Å². The van der Waals surface area contributed by atoms with Gasteiger partial charge >= 0.3 is 6.03 Å². The second-order valence-electron chi connectivity index (χ2n) is 6.72. The molecule has 2 N–H and O–H groups in total. The van der Waals surface area contributed by atoms with Crippen LogP contribution in [0.25, 0.3) is 0 Å². The minimum absolute atomic E-state index is 0.190. The molecule has 2 aliphatic heterocycles. The van der Waals surface area contributed by atoms with Gasteiger partial charge in [0.05, 0.1) is 18.5 Å². The van der Waals surface area contributed by atoms with E-state index in [0.29, 0.717) is 29.3 Å². The molecule has 3 amide bonds. The van der Waals surface area contributed by atoms with Gasteiger partial charge in [-0.25, -0.2) is 4.79 Å². The van der Waals surface area contributed by atoms with Crippen LogP contribution in [0.4, 0.5) is 21.9 Å². The molecule has 2 aromatic carbocycles. The highest BCUT2D eigenvalue weighted by Crippen LogP contribution is 2.38. The summed E-state index contributed by atoms with van der Waals surface area (Å²) in [6, 6.07) is 8.58. The van der Waals surface area contributed by atoms with Gasteiger partial charge < -0.3 is 20.3 Å². The summed E-state index contributed by atoms with van der Waals surface area (Å²) in [7, 11) is 1.54. The predicted octanol–water partition coefficient (Wildman–Crippen LogP) is 4.22. The molecule has 0 fully saturated rings. The molecule has 0 aromatic heterocycles. The van der Waals surface area contributed by atoms with Gasteiger partial charge in [0.15, 0.2) is 0 Å². The number of nitrogens with zero attached hydrogens (tertiary/aromatic N) is 1. The van der Waals surface area contributed by atoms with E-state index in [9.17, 15) is 9.59 Å². The van der Waals surface area contributed by atoms with E-state index in [4.69, 9.17) is 16.3 Å². The van der Waals surface area contributed by atoms with Crippen LogP contribution in [-0.2, 0) is 17.6 Å². The Morgan fingerprint density at radius 2 is 1.89 bits per heavy atom. The lowest BCUT2D eigenvalue weighted by Gasteiger charge is -2.35. The zero-order chi connectivity index (χ0) is 19.0. The molecule has 2 heterocycles. The Morgan fingerprint density at radius 3 is 2.67 bits per heavy atom. The summed E-state index contributed by atoms with van der Waals surface area (Å²) in [5, 5.41) is 6.17. The smallest absolute Gasteiger partial charge is 0.323 e. The lowest BCUT2D eigenvalue weighted by molar-refractivity contribution is -0.119. The molecule has 140 valence electrons. The van der Waals surface area contributed by atoms with E-state index in [1.54, 1.807) is 18.2 Å². The van der Waals surface area contributed by atoms with Crippen LogP contribution in [0.5, 0.6) is 5.75 Å². The fraction of sp³-hybridized carbons (Fsp3) is 0.300. The summed E-state index contributed by atoms with van der Waals surface area (Å²) in [6.45, 7) is 0.778. The molecule has 0 aliphatic carbocycles. The number of nitrogens with one attached hydrogen (secondary N) is 2. The van der Waals surface area contributed by atoms with Crippen LogP contribution in [0, 0.1) is 0 Å². The number of ether oxygens (including phenoxy) is 1. The highest BCUT2D eigenvalue weighted by Gasteiger charge is 2.29. The topological polar surface area (TPSA) is 70.7 Å². The first kappa shape index (κ1) is 17.7. The number of carbonyl (C=O) groups is 2. The first-order valence-electron chi connectivity index (χ1n) is 8.93. The van der Waals surface area contributed by atoms with Gasteiger partial charge in [-0.3, -0.25) is 4.79 Å². The Bertz CT molecular complexity index is 912. The summed E-state index contributed by atoms with van der Waals surface area (Å²) in [6.07, 6.45) is 3.07. The molecular formula is C20H20ClN3O3. The summed E-state index contributed by atoms with van der Waals surface area (Å²) >= 11 is 6.01. The third kappa shape index (κ3) is 3.45. The first-order valence-corrected chi connectivity index (χ1v) is 9.30. The van der Waals surface area contributed by atoms with Gasteiger partial charge in [-0.2, -0.15) is 0 Å². The lowest BCUT2D eigenvalue weighted by Crippen LogP contribution is -2.39. The predicted molar refractivity (Wildman–Crippen MR) is 106 cm³/mol. The number of rotatable bonds is 3. The average Bonchev–Trinajstić information content (AvgIpc) is 2.64. The van der Waals surface area contributed by atoms with Crippen LogP contribution in [-0.4, -0.2) is 25.6 Å². The second kappa shape index (κ2) is 7.12. The molecule has 0 saturated heterocycles. The summed E-state index contributed by atoms with van der Waals surface area (Å²) in [5.41, 5.74) is 4.49. The number of amides is 3. The van der Waals surface area contributed by atoms with E-state index < -0.39 is 0 Å². The molecule has 2 aliphatic rings. The number of hydrogen-bond acceptors (Lipinski definition) is 3. The Kier molecular flexibility index (Phi) is 4.66. The number of anilines is 3. The second-order valence-corrected chi connectivity index (χ2v) is 7.15. The van der Waals surface area contributed by atoms with Gasteiger partial charge in [-0.1, -0.05) is 11.6 Å². The van der Waals surface area contributed by atoms with E-state index in [-0.39, 0.29) is 11.9 Å². The summed E-state index contributed by atoms with van der Waals surface area (Å²) in [5.74, 6) is 0.721. The molecule has 0 atom stereocenters. The third-order valence-electron chi connectivity index (χ3n) is 4.94. The summed E-state index contributed by atoms with van der Waals surface area (Å²) < 4.78 is 5.25. The molecular weight excluding hydrogens is 366 g/mol. The van der Waals surface area contributed by atoms with Crippen molar-refractivity contribution in [2.75, 3.05) is 29.2 Å². The van der Waals surface area contributed by atoms with E-state index in [0.717, 1.165) is 41.9 Å². The van der Waals surface area contributed by atoms with Crippen molar-refractivity contribution in [2.24, 2.45) is 0 Å². The highest BCUT2D eigenvalue weighted by atomic mass is 35.5. The van der Waals surface area contributed by atoms with Crippen LogP contribution >= 0.6 is 11.6 Å². The molecule has 0 unspecified atom stereocenters. The zero-order valence-electron chi connectivity index (χ0n) is 15.0. The van der Waals surface area contributed by atoms with E-state index in [2.05, 4.69) is 10.6 Å². The van der Waals surface area contributed by atoms with Crippen molar-refractivity contribution < 1.29 is 14.3 Å². The maximum atomic E-state index is 12.5. The van der Waals surface area contributed by atoms with Gasteiger partial charge in [-0.15, -0.1) is 0 Å². The van der Waals surface area contributed by atoms with Crippen molar-refractivity contribution in [3.63, 3.8) is 0 Å². The largest absolute Gasteiger partial charge is 0.495 e. The highest BCUT2D eigenvalue weighted by molar-refractivity contribution is 6.31. The maximum absolute atomic E-state index is 12.5. The lowest BCUT2D eigenvalue weighted by atomic mass is 9.91. The third-order valence-corrected chi connectivity index (χ3v) is 5.18. The minimum atomic E-state index is -0.373. The molecule has 0 spiro atoms. The quantitative estimate of drug-likeness (QED) is 0.831. The number of methoxy groups -OCH3 is 1. The number of hydrogen-bond donors (Lipinski definition) is 2. The van der Waals surface area contributed by atoms with Gasteiger partial charge in [0.2, 0.25) is 5.91 Å².